The molecule has 3 rings (SSSR count). The van der Waals surface area contributed by atoms with Gasteiger partial charge in [-0.15, -0.1) is 0 Å². The summed E-state index contributed by atoms with van der Waals surface area (Å²) in [6.07, 6.45) is -4.94. The van der Waals surface area contributed by atoms with Gasteiger partial charge in [-0.05, 0) is 45.3 Å². The topological polar surface area (TPSA) is 129 Å². The van der Waals surface area contributed by atoms with Crippen molar-refractivity contribution in [3.05, 3.63) is 23.2 Å². The molecule has 0 bridgehead atoms. The SMILES string of the molecule is CC1(C)OB(c2ccc(OC(O)C3(O)C(O)C(O)C3CO)c(Cl)c2)OC1(C)C. The number of benzene rings is 1. The van der Waals surface area contributed by atoms with Crippen LogP contribution in [0.4, 0.5) is 0 Å². The van der Waals surface area contributed by atoms with Crippen molar-refractivity contribution in [2.24, 2.45) is 5.92 Å². The Kier molecular flexibility index (Phi) is 5.53. The van der Waals surface area contributed by atoms with Crippen LogP contribution < -0.4 is 10.2 Å². The van der Waals surface area contributed by atoms with Crippen molar-refractivity contribution in [3.8, 4) is 5.75 Å². The van der Waals surface area contributed by atoms with Gasteiger partial charge in [-0.25, -0.2) is 0 Å². The van der Waals surface area contributed by atoms with Crippen molar-refractivity contribution in [1.29, 1.82) is 0 Å². The van der Waals surface area contributed by atoms with E-state index in [4.69, 9.17) is 25.6 Å². The summed E-state index contributed by atoms with van der Waals surface area (Å²) < 4.78 is 17.2. The van der Waals surface area contributed by atoms with Crippen LogP contribution in [0.25, 0.3) is 0 Å². The lowest BCUT2D eigenvalue weighted by atomic mass is 9.64. The summed E-state index contributed by atoms with van der Waals surface area (Å²) in [5, 5.41) is 49.6. The zero-order valence-corrected chi connectivity index (χ0v) is 16.9. The van der Waals surface area contributed by atoms with Gasteiger partial charge in [0.1, 0.15) is 11.9 Å². The summed E-state index contributed by atoms with van der Waals surface area (Å²) in [7, 11) is -0.631. The first kappa shape index (κ1) is 21.8. The number of hydrogen-bond acceptors (Lipinski definition) is 8. The second-order valence-corrected chi connectivity index (χ2v) is 8.77. The molecule has 1 heterocycles. The lowest BCUT2D eigenvalue weighted by Crippen LogP contribution is -2.76. The molecule has 1 aromatic rings. The van der Waals surface area contributed by atoms with Crippen molar-refractivity contribution in [3.63, 3.8) is 0 Å². The second-order valence-electron chi connectivity index (χ2n) is 8.36. The Labute approximate surface area is 168 Å². The van der Waals surface area contributed by atoms with E-state index in [1.54, 1.807) is 12.1 Å². The van der Waals surface area contributed by atoms with Crippen LogP contribution in [0.15, 0.2) is 18.2 Å². The molecule has 1 saturated heterocycles. The Morgan fingerprint density at radius 3 is 2.25 bits per heavy atom. The van der Waals surface area contributed by atoms with E-state index in [9.17, 15) is 25.5 Å². The van der Waals surface area contributed by atoms with E-state index >= 15 is 0 Å². The summed E-state index contributed by atoms with van der Waals surface area (Å²) in [4.78, 5) is 0. The van der Waals surface area contributed by atoms with Crippen molar-refractivity contribution in [2.45, 2.75) is 63.0 Å². The van der Waals surface area contributed by atoms with E-state index in [0.29, 0.717) is 5.46 Å². The minimum atomic E-state index is -2.22. The van der Waals surface area contributed by atoms with Crippen LogP contribution in [0.5, 0.6) is 5.75 Å². The quantitative estimate of drug-likeness (QED) is 0.318. The number of aliphatic hydroxyl groups is 5. The van der Waals surface area contributed by atoms with Gasteiger partial charge in [-0.3, -0.25) is 0 Å². The normalized spacial score (nSPS) is 34.8. The molecule has 0 amide bonds. The minimum absolute atomic E-state index is 0.0492. The summed E-state index contributed by atoms with van der Waals surface area (Å²) in [5.41, 5.74) is -2.60. The zero-order valence-electron chi connectivity index (χ0n) is 16.2. The summed E-state index contributed by atoms with van der Waals surface area (Å²) in [6.45, 7) is 7.08. The zero-order chi connectivity index (χ0) is 21.1. The maximum atomic E-state index is 10.4. The molecular formula is C18H26BClO8. The Morgan fingerprint density at radius 2 is 1.75 bits per heavy atom. The van der Waals surface area contributed by atoms with E-state index in [2.05, 4.69) is 0 Å². The lowest BCUT2D eigenvalue weighted by Gasteiger charge is -2.53. The Hall–Kier alpha value is -0.905. The molecule has 10 heteroatoms. The molecule has 5 N–H and O–H groups in total. The van der Waals surface area contributed by atoms with Gasteiger partial charge in [-0.2, -0.15) is 0 Å². The molecule has 1 aliphatic carbocycles. The molecule has 28 heavy (non-hydrogen) atoms. The molecular weight excluding hydrogens is 390 g/mol. The van der Waals surface area contributed by atoms with Gasteiger partial charge in [-0.1, -0.05) is 17.7 Å². The van der Waals surface area contributed by atoms with Crippen molar-refractivity contribution < 1.29 is 39.6 Å². The van der Waals surface area contributed by atoms with Crippen molar-refractivity contribution in [2.75, 3.05) is 6.61 Å². The van der Waals surface area contributed by atoms with Gasteiger partial charge in [0.15, 0.2) is 5.60 Å². The summed E-state index contributed by atoms with van der Waals surface area (Å²) in [5.74, 6) is -1.10. The highest BCUT2D eigenvalue weighted by Crippen LogP contribution is 2.43. The van der Waals surface area contributed by atoms with Crippen molar-refractivity contribution in [1.82, 2.24) is 0 Å². The Morgan fingerprint density at radius 1 is 1.18 bits per heavy atom. The summed E-state index contributed by atoms with van der Waals surface area (Å²) >= 11 is 6.25. The van der Waals surface area contributed by atoms with Crippen LogP contribution in [-0.2, 0) is 9.31 Å². The average molecular weight is 417 g/mol. The van der Waals surface area contributed by atoms with Gasteiger partial charge in [0.05, 0.1) is 28.9 Å². The minimum Gasteiger partial charge on any atom is -0.460 e. The third kappa shape index (κ3) is 3.24. The molecule has 2 fully saturated rings. The molecule has 1 aliphatic heterocycles. The van der Waals surface area contributed by atoms with Crippen LogP contribution in [0.3, 0.4) is 0 Å². The van der Waals surface area contributed by atoms with Crippen LogP contribution in [0, 0.1) is 5.92 Å². The molecule has 2 aliphatic rings. The third-order valence-corrected chi connectivity index (χ3v) is 6.41. The molecule has 1 saturated carbocycles. The number of hydrogen-bond donors (Lipinski definition) is 5. The average Bonchev–Trinajstić information content (AvgIpc) is 2.83. The molecule has 5 unspecified atom stereocenters. The Balaban J connectivity index is 1.75. The fourth-order valence-electron chi connectivity index (χ4n) is 3.40. The highest BCUT2D eigenvalue weighted by molar-refractivity contribution is 6.62. The molecule has 1 aromatic carbocycles. The number of halogens is 1. The maximum Gasteiger partial charge on any atom is 0.494 e. The van der Waals surface area contributed by atoms with E-state index in [0.717, 1.165) is 0 Å². The van der Waals surface area contributed by atoms with E-state index in [-0.39, 0.29) is 10.8 Å². The first-order valence-electron chi connectivity index (χ1n) is 9.04. The van der Waals surface area contributed by atoms with Crippen LogP contribution >= 0.6 is 11.6 Å². The molecule has 0 radical (unpaired) electrons. The highest BCUT2D eigenvalue weighted by Gasteiger charge is 2.65. The monoisotopic (exact) mass is 416 g/mol. The van der Waals surface area contributed by atoms with Crippen LogP contribution in [0.2, 0.25) is 5.02 Å². The van der Waals surface area contributed by atoms with Crippen molar-refractivity contribution >= 4 is 24.2 Å². The van der Waals surface area contributed by atoms with Gasteiger partial charge >= 0.3 is 7.12 Å². The van der Waals surface area contributed by atoms with Crippen LogP contribution in [0.1, 0.15) is 27.7 Å². The van der Waals surface area contributed by atoms with Gasteiger partial charge < -0.3 is 39.6 Å². The summed E-state index contributed by atoms with van der Waals surface area (Å²) in [6, 6.07) is 4.69. The van der Waals surface area contributed by atoms with Gasteiger partial charge in [0.2, 0.25) is 6.29 Å². The predicted molar refractivity (Wildman–Crippen MR) is 101 cm³/mol. The predicted octanol–water partition coefficient (Wildman–Crippen LogP) is -0.589. The second kappa shape index (κ2) is 7.10. The first-order valence-corrected chi connectivity index (χ1v) is 9.42. The standard InChI is InChI=1S/C18H26BClO8/c1-16(2)17(3,4)28-19(27-16)9-5-6-12(11(20)7-9)26-15(24)18(25)10(8-21)13(22)14(18)23/h5-7,10,13-15,21-25H,8H2,1-4H3. The van der Waals surface area contributed by atoms with Crippen LogP contribution in [-0.4, -0.2) is 74.6 Å². The number of aliphatic hydroxyl groups excluding tert-OH is 4. The molecule has 156 valence electrons. The smallest absolute Gasteiger partial charge is 0.460 e. The van der Waals surface area contributed by atoms with Gasteiger partial charge in [0, 0.05) is 5.92 Å². The number of rotatable bonds is 5. The molecule has 5 atom stereocenters. The maximum absolute atomic E-state index is 10.4. The first-order chi connectivity index (χ1) is 12.8. The molecule has 0 aromatic heterocycles. The number of ether oxygens (including phenoxy) is 1. The van der Waals surface area contributed by atoms with Gasteiger partial charge in [0.25, 0.3) is 0 Å². The lowest BCUT2D eigenvalue weighted by molar-refractivity contribution is -0.332. The fraction of sp³-hybridized carbons (Fsp3) is 0.667. The molecule has 0 spiro atoms. The molecule has 8 nitrogen and oxygen atoms in total. The van der Waals surface area contributed by atoms with E-state index in [1.165, 1.54) is 6.07 Å². The third-order valence-electron chi connectivity index (χ3n) is 6.12. The highest BCUT2D eigenvalue weighted by atomic mass is 35.5. The largest absolute Gasteiger partial charge is 0.494 e. The fourth-order valence-corrected chi connectivity index (χ4v) is 3.64. The Bertz CT molecular complexity index is 728. The van der Waals surface area contributed by atoms with E-state index in [1.807, 2.05) is 27.7 Å². The van der Waals surface area contributed by atoms with E-state index < -0.39 is 54.9 Å².